The third kappa shape index (κ3) is 8.90. The van der Waals surface area contributed by atoms with E-state index >= 15 is 0 Å². The lowest BCUT2D eigenvalue weighted by molar-refractivity contribution is -0.196. The van der Waals surface area contributed by atoms with Crippen molar-refractivity contribution < 1.29 is 47.6 Å². The van der Waals surface area contributed by atoms with Crippen LogP contribution >= 0.6 is 23.2 Å². The van der Waals surface area contributed by atoms with Crippen LogP contribution in [-0.2, 0) is 60.4 Å². The van der Waals surface area contributed by atoms with Gasteiger partial charge in [0, 0.05) is 35.7 Å². The second-order valence-corrected chi connectivity index (χ2v) is 16.0. The van der Waals surface area contributed by atoms with Gasteiger partial charge >= 0.3 is 11.9 Å². The summed E-state index contributed by atoms with van der Waals surface area (Å²) in [6.45, 7) is 8.94. The van der Waals surface area contributed by atoms with Crippen molar-refractivity contribution >= 4 is 47.0 Å². The molecule has 2 saturated heterocycles. The number of amides is 2. The molecular formula is C40H50Cl2N2O10. The van der Waals surface area contributed by atoms with E-state index in [0.717, 1.165) is 33.4 Å². The van der Waals surface area contributed by atoms with Crippen LogP contribution in [0.3, 0.4) is 0 Å². The van der Waals surface area contributed by atoms with Crippen LogP contribution in [-0.4, -0.2) is 86.0 Å². The van der Waals surface area contributed by atoms with Crippen LogP contribution < -0.4 is 10.6 Å². The molecule has 4 fully saturated rings. The normalized spacial score (nSPS) is 22.6. The fraction of sp³-hybridized carbons (Fsp3) is 0.600. The molecule has 4 aliphatic rings. The molecule has 0 unspecified atom stereocenters. The van der Waals surface area contributed by atoms with Crippen LogP contribution in [0.5, 0.6) is 0 Å². The summed E-state index contributed by atoms with van der Waals surface area (Å²) in [5.41, 5.74) is 2.52. The minimum absolute atomic E-state index is 0.0575. The van der Waals surface area contributed by atoms with Gasteiger partial charge < -0.3 is 39.1 Å². The molecule has 54 heavy (non-hydrogen) atoms. The number of rotatable bonds is 11. The van der Waals surface area contributed by atoms with Gasteiger partial charge in [0.1, 0.15) is 24.3 Å². The van der Waals surface area contributed by atoms with Crippen LogP contribution in [0.1, 0.15) is 84.7 Å². The van der Waals surface area contributed by atoms with E-state index in [1.54, 1.807) is 24.3 Å². The summed E-state index contributed by atoms with van der Waals surface area (Å²) in [5, 5.41) is 7.17. The fourth-order valence-electron chi connectivity index (χ4n) is 8.37. The zero-order valence-electron chi connectivity index (χ0n) is 31.5. The number of carbonyl (C=O) groups excluding carboxylic acids is 4. The summed E-state index contributed by atoms with van der Waals surface area (Å²) >= 11 is 12.4. The van der Waals surface area contributed by atoms with Crippen LogP contribution in [0, 0.1) is 27.7 Å². The monoisotopic (exact) mass is 788 g/mol. The summed E-state index contributed by atoms with van der Waals surface area (Å²) in [6, 6.07) is 7.22. The van der Waals surface area contributed by atoms with Crippen LogP contribution in [0.15, 0.2) is 24.3 Å². The second-order valence-electron chi connectivity index (χ2n) is 15.1. The molecule has 2 aliphatic carbocycles. The minimum Gasteiger partial charge on any atom is -0.460 e. The highest BCUT2D eigenvalue weighted by atomic mass is 35.5. The summed E-state index contributed by atoms with van der Waals surface area (Å²) in [7, 11) is 0. The smallest absolute Gasteiger partial charge is 0.331 e. The van der Waals surface area contributed by atoms with Crippen molar-refractivity contribution in [3.63, 3.8) is 0 Å². The number of halogens is 2. The van der Waals surface area contributed by atoms with Gasteiger partial charge in [0.25, 0.3) is 0 Å². The van der Waals surface area contributed by atoms with Crippen molar-refractivity contribution in [3.05, 3.63) is 67.7 Å². The van der Waals surface area contributed by atoms with Gasteiger partial charge in [-0.3, -0.25) is 9.59 Å². The van der Waals surface area contributed by atoms with Gasteiger partial charge in [0.2, 0.25) is 11.8 Å². The summed E-state index contributed by atoms with van der Waals surface area (Å²) in [5.74, 6) is -3.49. The molecule has 6 rings (SSSR count). The molecule has 2 N–H and O–H groups in total. The predicted octanol–water partition coefficient (Wildman–Crippen LogP) is 5.44. The fourth-order valence-corrected chi connectivity index (χ4v) is 9.03. The average Bonchev–Trinajstić information content (AvgIpc) is 3.78. The molecule has 0 aromatic heterocycles. The van der Waals surface area contributed by atoms with Crippen molar-refractivity contribution in [2.75, 3.05) is 39.6 Å². The number of carbonyl (C=O) groups is 4. The topological polar surface area (TPSA) is 148 Å². The Hall–Kier alpha value is -3.26. The van der Waals surface area contributed by atoms with E-state index in [2.05, 4.69) is 10.6 Å². The van der Waals surface area contributed by atoms with E-state index < -0.39 is 34.6 Å². The highest BCUT2D eigenvalue weighted by Crippen LogP contribution is 2.42. The van der Waals surface area contributed by atoms with Gasteiger partial charge in [-0.25, -0.2) is 9.59 Å². The van der Waals surface area contributed by atoms with Gasteiger partial charge in [0.05, 0.1) is 39.3 Å². The number of nitrogens with one attached hydrogen (secondary N) is 2. The first-order valence-electron chi connectivity index (χ1n) is 18.7. The van der Waals surface area contributed by atoms with E-state index in [0.29, 0.717) is 62.2 Å². The molecule has 2 amide bonds. The molecule has 294 valence electrons. The first kappa shape index (κ1) is 40.4. The third-order valence-corrected chi connectivity index (χ3v) is 11.9. The van der Waals surface area contributed by atoms with Crippen molar-refractivity contribution in [3.8, 4) is 0 Å². The van der Waals surface area contributed by atoms with E-state index in [9.17, 15) is 19.2 Å². The Morgan fingerprint density at radius 2 is 0.852 bits per heavy atom. The highest BCUT2D eigenvalue weighted by molar-refractivity contribution is 6.31. The standard InChI is InChI=1S/C40H50Cl2N2O10/c1-25-19-29(41)20-26(2)31(25)23-33(45)43-37(5-9-39(10-6-37)51-15-16-52-39)35(47)49-13-14-50-36(48)38(7-11-40(12-8-38)53-17-18-54-40)44-34(46)24-32-27(3)21-30(42)22-28(32)4/h19-22H,5-18,23-24H2,1-4H3,(H,43,45)(H,44,46). The van der Waals surface area contributed by atoms with Crippen LogP contribution in [0.4, 0.5) is 0 Å². The minimum atomic E-state index is -1.33. The molecule has 0 bridgehead atoms. The molecule has 2 spiro atoms. The predicted molar refractivity (Wildman–Crippen MR) is 199 cm³/mol. The second kappa shape index (κ2) is 16.5. The van der Waals surface area contributed by atoms with Crippen molar-refractivity contribution in [2.45, 2.75) is 115 Å². The zero-order valence-corrected chi connectivity index (χ0v) is 33.0. The maximum absolute atomic E-state index is 13.9. The Kier molecular flexibility index (Phi) is 12.3. The summed E-state index contributed by atoms with van der Waals surface area (Å²) < 4.78 is 35.0. The number of aryl methyl sites for hydroxylation is 4. The molecule has 0 radical (unpaired) electrons. The van der Waals surface area contributed by atoms with Gasteiger partial charge in [-0.05, 0) is 111 Å². The first-order chi connectivity index (χ1) is 25.7. The maximum atomic E-state index is 13.9. The van der Waals surface area contributed by atoms with E-state index in [-0.39, 0.29) is 63.6 Å². The van der Waals surface area contributed by atoms with Crippen LogP contribution in [0.25, 0.3) is 0 Å². The SMILES string of the molecule is Cc1cc(Cl)cc(C)c1CC(=O)NC1(C(=O)OCCOC(=O)C2(NC(=O)Cc3c(C)cc(Cl)cc3C)CCC3(CC2)OCCO3)CCC2(CC1)OCCO2. The van der Waals surface area contributed by atoms with Gasteiger partial charge in [-0.1, -0.05) is 23.2 Å². The molecule has 12 nitrogen and oxygen atoms in total. The number of esters is 2. The molecule has 2 aromatic rings. The van der Waals surface area contributed by atoms with Crippen molar-refractivity contribution in [2.24, 2.45) is 0 Å². The van der Waals surface area contributed by atoms with E-state index in [1.165, 1.54) is 0 Å². The summed E-state index contributed by atoms with van der Waals surface area (Å²) in [4.78, 5) is 54.8. The van der Waals surface area contributed by atoms with Crippen LogP contribution in [0.2, 0.25) is 10.0 Å². The molecule has 14 heteroatoms. The highest BCUT2D eigenvalue weighted by Gasteiger charge is 2.53. The number of hydrogen-bond acceptors (Lipinski definition) is 10. The average molecular weight is 790 g/mol. The Morgan fingerprint density at radius 1 is 0.556 bits per heavy atom. The molecule has 0 atom stereocenters. The van der Waals surface area contributed by atoms with Gasteiger partial charge in [0.15, 0.2) is 11.6 Å². The largest absolute Gasteiger partial charge is 0.460 e. The lowest BCUT2D eigenvalue weighted by Crippen LogP contribution is -2.60. The molecule has 2 saturated carbocycles. The number of benzene rings is 2. The van der Waals surface area contributed by atoms with Crippen molar-refractivity contribution in [1.82, 2.24) is 10.6 Å². The Bertz CT molecular complexity index is 1570. The lowest BCUT2D eigenvalue weighted by Gasteiger charge is -2.42. The third-order valence-electron chi connectivity index (χ3n) is 11.4. The Balaban J connectivity index is 1.10. The molecular weight excluding hydrogens is 739 g/mol. The zero-order chi connectivity index (χ0) is 38.7. The Morgan fingerprint density at radius 3 is 1.15 bits per heavy atom. The van der Waals surface area contributed by atoms with Crippen molar-refractivity contribution in [1.29, 1.82) is 0 Å². The molecule has 2 aliphatic heterocycles. The van der Waals surface area contributed by atoms with E-state index in [1.807, 2.05) is 27.7 Å². The van der Waals surface area contributed by atoms with E-state index in [4.69, 9.17) is 51.6 Å². The Labute approximate surface area is 326 Å². The number of ether oxygens (including phenoxy) is 6. The first-order valence-corrected chi connectivity index (χ1v) is 19.5. The maximum Gasteiger partial charge on any atom is 0.331 e. The molecule has 2 heterocycles. The van der Waals surface area contributed by atoms with Gasteiger partial charge in [-0.2, -0.15) is 0 Å². The molecule has 2 aromatic carbocycles. The number of hydrogen-bond donors (Lipinski definition) is 2. The van der Waals surface area contributed by atoms with Gasteiger partial charge in [-0.15, -0.1) is 0 Å². The lowest BCUT2D eigenvalue weighted by atomic mass is 9.78. The quantitative estimate of drug-likeness (QED) is 0.223. The summed E-state index contributed by atoms with van der Waals surface area (Å²) in [6.07, 6.45) is 2.64.